The lowest BCUT2D eigenvalue weighted by atomic mass is 10.1. The van der Waals surface area contributed by atoms with Gasteiger partial charge in [0.15, 0.2) is 4.08 Å². The van der Waals surface area contributed by atoms with Gasteiger partial charge >= 0.3 is 0 Å². The summed E-state index contributed by atoms with van der Waals surface area (Å²) in [5.74, 6) is 0.0862. The molecular formula is C11H9NOS2. The monoisotopic (exact) mass is 235 g/mol. The Hall–Kier alpha value is -0.870. The zero-order valence-electron chi connectivity index (χ0n) is 8.11. The molecule has 76 valence electrons. The molecule has 2 heterocycles. The van der Waals surface area contributed by atoms with Crippen molar-refractivity contribution in [2.24, 2.45) is 0 Å². The summed E-state index contributed by atoms with van der Waals surface area (Å²) < 4.78 is -0.457. The third-order valence-electron chi connectivity index (χ3n) is 2.60. The van der Waals surface area contributed by atoms with Crippen LogP contribution in [-0.2, 0) is 8.87 Å². The first kappa shape index (κ1) is 9.36. The number of hydrogen-bond acceptors (Lipinski definition) is 3. The predicted molar refractivity (Wildman–Crippen MR) is 65.8 cm³/mol. The van der Waals surface area contributed by atoms with Gasteiger partial charge in [0.05, 0.1) is 0 Å². The van der Waals surface area contributed by atoms with Crippen LogP contribution in [0.15, 0.2) is 29.0 Å². The van der Waals surface area contributed by atoms with E-state index in [0.717, 1.165) is 11.3 Å². The van der Waals surface area contributed by atoms with Crippen molar-refractivity contribution in [1.29, 1.82) is 0 Å². The molecule has 0 aliphatic carbocycles. The lowest BCUT2D eigenvalue weighted by Gasteiger charge is -2.18. The van der Waals surface area contributed by atoms with E-state index in [1.807, 2.05) is 22.9 Å². The number of anilines is 1. The molecule has 4 heteroatoms. The van der Waals surface area contributed by atoms with E-state index >= 15 is 0 Å². The Labute approximate surface area is 96.5 Å². The van der Waals surface area contributed by atoms with E-state index in [2.05, 4.69) is 18.3 Å². The maximum Gasteiger partial charge on any atom is 0.256 e. The summed E-state index contributed by atoms with van der Waals surface area (Å²) in [5.41, 5.74) is 3.25. The number of thioether (sulfide) groups is 2. The Kier molecular flexibility index (Phi) is 1.91. The number of nitrogens with one attached hydrogen (secondary N) is 1. The van der Waals surface area contributed by atoms with Gasteiger partial charge in [-0.05, 0) is 23.8 Å². The van der Waals surface area contributed by atoms with E-state index in [-0.39, 0.29) is 5.91 Å². The summed E-state index contributed by atoms with van der Waals surface area (Å²) in [6, 6.07) is 6.10. The first-order valence-corrected chi connectivity index (χ1v) is 6.41. The van der Waals surface area contributed by atoms with Gasteiger partial charge in [0.2, 0.25) is 0 Å². The predicted octanol–water partition coefficient (Wildman–Crippen LogP) is 3.05. The second-order valence-electron chi connectivity index (χ2n) is 3.63. The normalized spacial score (nSPS) is 20.7. The lowest BCUT2D eigenvalue weighted by molar-refractivity contribution is -0.116. The van der Waals surface area contributed by atoms with Crippen LogP contribution in [0.25, 0.3) is 0 Å². The summed E-state index contributed by atoms with van der Waals surface area (Å²) in [5, 5.41) is 6.91. The minimum atomic E-state index is -0.457. The number of hydrogen-bond donors (Lipinski definition) is 1. The molecule has 1 spiro atoms. The molecule has 0 saturated heterocycles. The average molecular weight is 235 g/mol. The van der Waals surface area contributed by atoms with Gasteiger partial charge in [-0.25, -0.2) is 0 Å². The van der Waals surface area contributed by atoms with Crippen LogP contribution in [-0.4, -0.2) is 5.91 Å². The van der Waals surface area contributed by atoms with Crippen molar-refractivity contribution in [3.8, 4) is 0 Å². The summed E-state index contributed by atoms with van der Waals surface area (Å²) >= 11 is 3.16. The number of fused-ring (bicyclic) bond motifs is 2. The average Bonchev–Trinajstić information content (AvgIpc) is 2.78. The molecule has 0 radical (unpaired) electrons. The maximum absolute atomic E-state index is 12.0. The van der Waals surface area contributed by atoms with Gasteiger partial charge in [0.1, 0.15) is 0 Å². The standard InChI is InChI=1S/C11H9NOS2/c1-7-2-3-9-8(6-7)11(10(13)12-9)14-4-5-15-11/h2-6H,1H3,(H,12,13). The third-order valence-corrected chi connectivity index (χ3v) is 5.37. The third kappa shape index (κ3) is 1.18. The van der Waals surface area contributed by atoms with Crippen molar-refractivity contribution < 1.29 is 4.79 Å². The Balaban J connectivity index is 2.20. The Bertz CT molecular complexity index is 473. The van der Waals surface area contributed by atoms with Crippen molar-refractivity contribution in [3.05, 3.63) is 40.1 Å². The van der Waals surface area contributed by atoms with Crippen molar-refractivity contribution in [3.63, 3.8) is 0 Å². The smallest absolute Gasteiger partial charge is 0.256 e. The van der Waals surface area contributed by atoms with Crippen LogP contribution in [0.5, 0.6) is 0 Å². The largest absolute Gasteiger partial charge is 0.323 e. The number of aryl methyl sites for hydroxylation is 1. The fourth-order valence-corrected chi connectivity index (χ4v) is 4.17. The molecular weight excluding hydrogens is 226 g/mol. The highest BCUT2D eigenvalue weighted by molar-refractivity contribution is 8.24. The molecule has 2 aliphatic heterocycles. The van der Waals surface area contributed by atoms with Crippen LogP contribution in [0, 0.1) is 6.92 Å². The molecule has 0 atom stereocenters. The van der Waals surface area contributed by atoms with Crippen molar-refractivity contribution in [2.45, 2.75) is 11.0 Å². The van der Waals surface area contributed by atoms with Gasteiger partial charge in [-0.2, -0.15) is 0 Å². The molecule has 1 N–H and O–H groups in total. The van der Waals surface area contributed by atoms with Crippen LogP contribution in [0.1, 0.15) is 11.1 Å². The number of amides is 1. The second-order valence-corrected chi connectivity index (χ2v) is 6.13. The molecule has 1 aromatic carbocycles. The van der Waals surface area contributed by atoms with E-state index in [1.165, 1.54) is 5.56 Å². The molecule has 0 fully saturated rings. The first-order chi connectivity index (χ1) is 7.22. The van der Waals surface area contributed by atoms with Crippen molar-refractivity contribution >= 4 is 35.1 Å². The minimum absolute atomic E-state index is 0.0862. The molecule has 15 heavy (non-hydrogen) atoms. The quantitative estimate of drug-likeness (QED) is 0.749. The number of rotatable bonds is 0. The Morgan fingerprint density at radius 3 is 2.73 bits per heavy atom. The minimum Gasteiger partial charge on any atom is -0.323 e. The highest BCUT2D eigenvalue weighted by Gasteiger charge is 2.49. The first-order valence-electron chi connectivity index (χ1n) is 4.66. The van der Waals surface area contributed by atoms with Gasteiger partial charge in [-0.1, -0.05) is 17.7 Å². The van der Waals surface area contributed by atoms with Gasteiger partial charge in [0, 0.05) is 11.3 Å². The zero-order chi connectivity index (χ0) is 10.5. The number of benzene rings is 1. The SMILES string of the molecule is Cc1ccc2c(c1)C1(SC=CS1)C(=O)N2. The van der Waals surface area contributed by atoms with Crippen LogP contribution in [0.2, 0.25) is 0 Å². The fraction of sp³-hybridized carbons (Fsp3) is 0.182. The van der Waals surface area contributed by atoms with Crippen LogP contribution in [0.3, 0.4) is 0 Å². The van der Waals surface area contributed by atoms with Crippen molar-refractivity contribution in [2.75, 3.05) is 5.32 Å². The topological polar surface area (TPSA) is 29.1 Å². The molecule has 1 amide bonds. The molecule has 0 aromatic heterocycles. The molecule has 0 bridgehead atoms. The van der Waals surface area contributed by atoms with Crippen molar-refractivity contribution in [1.82, 2.24) is 0 Å². The molecule has 2 nitrogen and oxygen atoms in total. The molecule has 1 aromatic rings. The van der Waals surface area contributed by atoms with E-state index in [4.69, 9.17) is 0 Å². The summed E-state index contributed by atoms with van der Waals surface area (Å²) in [6.45, 7) is 2.05. The van der Waals surface area contributed by atoms with E-state index in [1.54, 1.807) is 23.5 Å². The molecule has 3 rings (SSSR count). The highest BCUT2D eigenvalue weighted by atomic mass is 32.2. The van der Waals surface area contributed by atoms with Gasteiger partial charge < -0.3 is 5.32 Å². The number of carbonyl (C=O) groups excluding carboxylic acids is 1. The van der Waals surface area contributed by atoms with Gasteiger partial charge in [-0.3, -0.25) is 4.79 Å². The summed E-state index contributed by atoms with van der Waals surface area (Å²) in [6.07, 6.45) is 0. The maximum atomic E-state index is 12.0. The van der Waals surface area contributed by atoms with E-state index in [9.17, 15) is 4.79 Å². The molecule has 0 saturated carbocycles. The van der Waals surface area contributed by atoms with Gasteiger partial charge in [0.25, 0.3) is 5.91 Å². The van der Waals surface area contributed by atoms with Gasteiger partial charge in [-0.15, -0.1) is 23.5 Å². The highest BCUT2D eigenvalue weighted by Crippen LogP contribution is 2.58. The summed E-state index contributed by atoms with van der Waals surface area (Å²) in [7, 11) is 0. The molecule has 2 aliphatic rings. The Morgan fingerprint density at radius 1 is 1.27 bits per heavy atom. The van der Waals surface area contributed by atoms with E-state index < -0.39 is 4.08 Å². The Morgan fingerprint density at radius 2 is 2.00 bits per heavy atom. The molecule has 0 unspecified atom stereocenters. The zero-order valence-corrected chi connectivity index (χ0v) is 9.74. The van der Waals surface area contributed by atoms with E-state index in [0.29, 0.717) is 0 Å². The fourth-order valence-electron chi connectivity index (χ4n) is 1.88. The van der Waals surface area contributed by atoms with Crippen LogP contribution in [0.4, 0.5) is 5.69 Å². The summed E-state index contributed by atoms with van der Waals surface area (Å²) in [4.78, 5) is 12.0. The lowest BCUT2D eigenvalue weighted by Crippen LogP contribution is -2.24. The van der Waals surface area contributed by atoms with Crippen LogP contribution >= 0.6 is 23.5 Å². The van der Waals surface area contributed by atoms with Crippen LogP contribution < -0.4 is 5.32 Å². The second kappa shape index (κ2) is 3.06. The number of carbonyl (C=O) groups is 1.